The van der Waals surface area contributed by atoms with Gasteiger partial charge in [0.25, 0.3) is 5.91 Å². The van der Waals surface area contributed by atoms with E-state index in [2.05, 4.69) is 10.2 Å². The lowest BCUT2D eigenvalue weighted by atomic mass is 9.98. The van der Waals surface area contributed by atoms with Crippen molar-refractivity contribution < 1.29 is 9.21 Å². The summed E-state index contributed by atoms with van der Waals surface area (Å²) >= 11 is 13.7. The van der Waals surface area contributed by atoms with Crippen LogP contribution in [0.2, 0.25) is 10.0 Å². The van der Waals surface area contributed by atoms with Crippen LogP contribution < -0.4 is 10.3 Å². The Balaban J connectivity index is 1.81. The second-order valence-electron chi connectivity index (χ2n) is 7.26. The first-order chi connectivity index (χ1) is 14.9. The standard InChI is InChI=1S/C22H15Cl2N3O3S/c1-3-16-25-26-22(31-16)27-18(11-5-6-13(23)14(24)9-11)17-19(28)12-8-10(2)4-7-15(12)30-20(17)21(27)29/h4-9,18H,3H2,1-2H3. The number of carbonyl (C=O) groups is 1. The maximum Gasteiger partial charge on any atom is 0.297 e. The number of anilines is 1. The lowest BCUT2D eigenvalue weighted by molar-refractivity contribution is 0.0970. The monoisotopic (exact) mass is 471 g/mol. The van der Waals surface area contributed by atoms with Crippen LogP contribution in [0.15, 0.2) is 45.6 Å². The van der Waals surface area contributed by atoms with Gasteiger partial charge in [0.15, 0.2) is 5.43 Å². The first-order valence-electron chi connectivity index (χ1n) is 9.57. The molecule has 3 heterocycles. The van der Waals surface area contributed by atoms with Crippen molar-refractivity contribution in [3.8, 4) is 0 Å². The molecule has 0 fully saturated rings. The molecule has 1 aliphatic heterocycles. The number of hydrogen-bond donors (Lipinski definition) is 0. The summed E-state index contributed by atoms with van der Waals surface area (Å²) in [5.74, 6) is -0.435. The van der Waals surface area contributed by atoms with Gasteiger partial charge >= 0.3 is 0 Å². The first kappa shape index (κ1) is 20.2. The van der Waals surface area contributed by atoms with Crippen LogP contribution in [-0.2, 0) is 6.42 Å². The Hall–Kier alpha value is -2.74. The van der Waals surface area contributed by atoms with Crippen LogP contribution >= 0.6 is 34.5 Å². The van der Waals surface area contributed by atoms with Crippen molar-refractivity contribution >= 4 is 56.5 Å². The Labute approximate surface area is 191 Å². The predicted molar refractivity (Wildman–Crippen MR) is 122 cm³/mol. The number of aromatic nitrogens is 2. The second kappa shape index (κ2) is 7.44. The molecule has 2 aromatic heterocycles. The summed E-state index contributed by atoms with van der Waals surface area (Å²) in [6, 6.07) is 9.60. The fraction of sp³-hybridized carbons (Fsp3) is 0.182. The van der Waals surface area contributed by atoms with Gasteiger partial charge in [-0.1, -0.05) is 59.2 Å². The molecule has 1 unspecified atom stereocenters. The van der Waals surface area contributed by atoms with E-state index in [9.17, 15) is 9.59 Å². The van der Waals surface area contributed by atoms with Crippen molar-refractivity contribution in [2.45, 2.75) is 26.3 Å². The molecule has 5 rings (SSSR count). The van der Waals surface area contributed by atoms with Crippen molar-refractivity contribution in [2.75, 3.05) is 4.90 Å². The number of nitrogens with zero attached hydrogens (tertiary/aromatic N) is 3. The molecule has 0 radical (unpaired) electrons. The fourth-order valence-electron chi connectivity index (χ4n) is 3.77. The van der Waals surface area contributed by atoms with Gasteiger partial charge in [0.05, 0.1) is 27.0 Å². The van der Waals surface area contributed by atoms with Gasteiger partial charge in [-0.05, 0) is 43.2 Å². The Morgan fingerprint density at radius 3 is 2.61 bits per heavy atom. The Morgan fingerprint density at radius 2 is 1.90 bits per heavy atom. The zero-order valence-electron chi connectivity index (χ0n) is 16.5. The zero-order valence-corrected chi connectivity index (χ0v) is 18.8. The van der Waals surface area contributed by atoms with E-state index < -0.39 is 11.9 Å². The maximum absolute atomic E-state index is 13.6. The summed E-state index contributed by atoms with van der Waals surface area (Å²) in [4.78, 5) is 28.5. The number of aryl methyl sites for hydroxylation is 2. The molecule has 1 amide bonds. The van der Waals surface area contributed by atoms with Gasteiger partial charge in [-0.25, -0.2) is 0 Å². The summed E-state index contributed by atoms with van der Waals surface area (Å²) < 4.78 is 5.95. The minimum absolute atomic E-state index is 0.00525. The van der Waals surface area contributed by atoms with Crippen LogP contribution in [0.4, 0.5) is 5.13 Å². The van der Waals surface area contributed by atoms with Crippen LogP contribution in [0.1, 0.15) is 45.2 Å². The highest BCUT2D eigenvalue weighted by Gasteiger charge is 2.45. The van der Waals surface area contributed by atoms with E-state index in [0.29, 0.717) is 38.1 Å². The molecule has 0 aliphatic carbocycles. The summed E-state index contributed by atoms with van der Waals surface area (Å²) in [7, 11) is 0. The van der Waals surface area contributed by atoms with Crippen molar-refractivity contribution in [1.29, 1.82) is 0 Å². The number of hydrogen-bond acceptors (Lipinski definition) is 6. The summed E-state index contributed by atoms with van der Waals surface area (Å²) in [5.41, 5.74) is 1.92. The fourth-order valence-corrected chi connectivity index (χ4v) is 4.88. The Morgan fingerprint density at radius 1 is 1.10 bits per heavy atom. The normalized spacial score (nSPS) is 15.7. The SMILES string of the molecule is CCc1nnc(N2C(=O)c3oc4ccc(C)cc4c(=O)c3C2c2ccc(Cl)c(Cl)c2)s1. The molecule has 9 heteroatoms. The van der Waals surface area contributed by atoms with Gasteiger partial charge in [0.1, 0.15) is 10.6 Å². The largest absolute Gasteiger partial charge is 0.450 e. The van der Waals surface area contributed by atoms with E-state index in [1.807, 2.05) is 19.9 Å². The topological polar surface area (TPSA) is 76.3 Å². The number of amides is 1. The van der Waals surface area contributed by atoms with Crippen LogP contribution in [0.3, 0.4) is 0 Å². The molecular formula is C22H15Cl2N3O3S. The lowest BCUT2D eigenvalue weighted by Crippen LogP contribution is -2.29. The molecule has 0 saturated carbocycles. The van der Waals surface area contributed by atoms with Crippen LogP contribution in [0.5, 0.6) is 0 Å². The summed E-state index contributed by atoms with van der Waals surface area (Å²) in [6.45, 7) is 3.86. The molecule has 0 N–H and O–H groups in total. The highest BCUT2D eigenvalue weighted by molar-refractivity contribution is 7.15. The Kier molecular flexibility index (Phi) is 4.84. The zero-order chi connectivity index (χ0) is 21.9. The highest BCUT2D eigenvalue weighted by Crippen LogP contribution is 2.43. The number of carbonyl (C=O) groups excluding carboxylic acids is 1. The van der Waals surface area contributed by atoms with E-state index in [4.69, 9.17) is 27.6 Å². The molecule has 156 valence electrons. The molecule has 0 bridgehead atoms. The van der Waals surface area contributed by atoms with E-state index in [1.165, 1.54) is 16.2 Å². The minimum atomic E-state index is -0.754. The molecule has 0 saturated heterocycles. The van der Waals surface area contributed by atoms with Crippen molar-refractivity contribution in [3.05, 3.63) is 84.1 Å². The average Bonchev–Trinajstić information content (AvgIpc) is 3.33. The van der Waals surface area contributed by atoms with E-state index in [-0.39, 0.29) is 16.8 Å². The number of benzene rings is 2. The molecule has 4 aromatic rings. The van der Waals surface area contributed by atoms with Gasteiger partial charge in [-0.2, -0.15) is 0 Å². The number of rotatable bonds is 3. The lowest BCUT2D eigenvalue weighted by Gasteiger charge is -2.22. The third-order valence-electron chi connectivity index (χ3n) is 5.25. The van der Waals surface area contributed by atoms with Gasteiger partial charge in [0, 0.05) is 0 Å². The van der Waals surface area contributed by atoms with Crippen molar-refractivity contribution in [3.63, 3.8) is 0 Å². The van der Waals surface area contributed by atoms with Gasteiger partial charge in [-0.15, -0.1) is 10.2 Å². The molecule has 1 atom stereocenters. The third kappa shape index (κ3) is 3.15. The molecule has 6 nitrogen and oxygen atoms in total. The maximum atomic E-state index is 13.6. The van der Waals surface area contributed by atoms with Crippen LogP contribution in [0.25, 0.3) is 11.0 Å². The van der Waals surface area contributed by atoms with Crippen LogP contribution in [0, 0.1) is 6.92 Å². The van der Waals surface area contributed by atoms with E-state index in [0.717, 1.165) is 10.6 Å². The van der Waals surface area contributed by atoms with Crippen LogP contribution in [-0.4, -0.2) is 16.1 Å². The summed E-state index contributed by atoms with van der Waals surface area (Å²) in [6.07, 6.45) is 0.685. The average molecular weight is 472 g/mol. The van der Waals surface area contributed by atoms with Crippen molar-refractivity contribution in [1.82, 2.24) is 10.2 Å². The predicted octanol–water partition coefficient (Wildman–Crippen LogP) is 5.57. The van der Waals surface area contributed by atoms with E-state index in [1.54, 1.807) is 30.3 Å². The summed E-state index contributed by atoms with van der Waals surface area (Å²) in [5, 5.41) is 10.7. The van der Waals surface area contributed by atoms with Crippen molar-refractivity contribution in [2.24, 2.45) is 0 Å². The molecular weight excluding hydrogens is 457 g/mol. The molecule has 0 spiro atoms. The smallest absolute Gasteiger partial charge is 0.297 e. The van der Waals surface area contributed by atoms with Gasteiger partial charge in [0.2, 0.25) is 10.9 Å². The number of halogens is 2. The third-order valence-corrected chi connectivity index (χ3v) is 7.06. The molecule has 31 heavy (non-hydrogen) atoms. The second-order valence-corrected chi connectivity index (χ2v) is 9.11. The Bertz CT molecular complexity index is 1430. The quantitative estimate of drug-likeness (QED) is 0.390. The first-order valence-corrected chi connectivity index (χ1v) is 11.1. The molecule has 2 aromatic carbocycles. The minimum Gasteiger partial charge on any atom is -0.450 e. The van der Waals surface area contributed by atoms with E-state index >= 15 is 0 Å². The number of fused-ring (bicyclic) bond motifs is 2. The van der Waals surface area contributed by atoms with Gasteiger partial charge < -0.3 is 4.42 Å². The molecule has 1 aliphatic rings. The highest BCUT2D eigenvalue weighted by atomic mass is 35.5. The van der Waals surface area contributed by atoms with Gasteiger partial charge in [-0.3, -0.25) is 14.5 Å².